The largest absolute Gasteiger partial charge is 0.320 e. The van der Waals surface area contributed by atoms with E-state index in [1.54, 1.807) is 24.3 Å². The summed E-state index contributed by atoms with van der Waals surface area (Å²) in [5.74, 6) is 5.58. The molecule has 1 saturated carbocycles. The topological polar surface area (TPSA) is 72.2 Å². The SMILES string of the molecule is CCCC1(CNS(=O)(=O)c2cccc(C#CCN)c2)CC1. The zero-order chi connectivity index (χ0) is 15.3. The summed E-state index contributed by atoms with van der Waals surface area (Å²) in [6, 6.07) is 6.66. The molecular weight excluding hydrogens is 284 g/mol. The minimum absolute atomic E-state index is 0.193. The summed E-state index contributed by atoms with van der Waals surface area (Å²) < 4.78 is 27.5. The number of benzene rings is 1. The monoisotopic (exact) mass is 306 g/mol. The zero-order valence-corrected chi connectivity index (χ0v) is 13.2. The van der Waals surface area contributed by atoms with E-state index in [4.69, 9.17) is 5.73 Å². The summed E-state index contributed by atoms with van der Waals surface area (Å²) in [5.41, 5.74) is 6.19. The lowest BCUT2D eigenvalue weighted by atomic mass is 10.0. The summed E-state index contributed by atoms with van der Waals surface area (Å²) in [6.45, 7) is 2.92. The highest BCUT2D eigenvalue weighted by molar-refractivity contribution is 7.89. The molecule has 5 heteroatoms. The summed E-state index contributed by atoms with van der Waals surface area (Å²) in [5, 5.41) is 0. The van der Waals surface area contributed by atoms with Crippen molar-refractivity contribution >= 4 is 10.0 Å². The maximum absolute atomic E-state index is 12.4. The van der Waals surface area contributed by atoms with Crippen LogP contribution >= 0.6 is 0 Å². The van der Waals surface area contributed by atoms with Gasteiger partial charge in [0.15, 0.2) is 0 Å². The van der Waals surface area contributed by atoms with Crippen LogP contribution in [0.3, 0.4) is 0 Å². The van der Waals surface area contributed by atoms with Gasteiger partial charge in [-0.15, -0.1) is 0 Å². The zero-order valence-electron chi connectivity index (χ0n) is 12.4. The van der Waals surface area contributed by atoms with Gasteiger partial charge in [-0.05, 0) is 42.9 Å². The second-order valence-corrected chi connectivity index (χ2v) is 7.38. The van der Waals surface area contributed by atoms with Gasteiger partial charge in [0, 0.05) is 12.1 Å². The van der Waals surface area contributed by atoms with Crippen molar-refractivity contribution in [2.45, 2.75) is 37.5 Å². The van der Waals surface area contributed by atoms with Crippen molar-refractivity contribution in [2.75, 3.05) is 13.1 Å². The standard InChI is InChI=1S/C16H22N2O2S/c1-2-8-16(9-10-16)13-18-21(19,20)15-7-3-5-14(12-15)6-4-11-17/h3,5,7,12,18H,2,8-11,13,17H2,1H3. The predicted octanol–water partition coefficient (Wildman–Crippen LogP) is 1.86. The van der Waals surface area contributed by atoms with Crippen molar-refractivity contribution in [2.24, 2.45) is 11.1 Å². The molecule has 1 aromatic rings. The quantitative estimate of drug-likeness (QED) is 0.788. The Kier molecular flexibility index (Phi) is 5.04. The van der Waals surface area contributed by atoms with Gasteiger partial charge >= 0.3 is 0 Å². The van der Waals surface area contributed by atoms with E-state index in [1.165, 1.54) is 0 Å². The Labute approximate surface area is 127 Å². The van der Waals surface area contributed by atoms with Gasteiger partial charge in [-0.2, -0.15) is 0 Å². The molecule has 0 radical (unpaired) electrons. The highest BCUT2D eigenvalue weighted by Crippen LogP contribution is 2.49. The Hall–Kier alpha value is -1.35. The van der Waals surface area contributed by atoms with Gasteiger partial charge in [0.1, 0.15) is 0 Å². The van der Waals surface area contributed by atoms with E-state index in [-0.39, 0.29) is 16.9 Å². The normalized spacial score (nSPS) is 16.1. The van der Waals surface area contributed by atoms with Crippen LogP contribution in [-0.4, -0.2) is 21.5 Å². The summed E-state index contributed by atoms with van der Waals surface area (Å²) >= 11 is 0. The summed E-state index contributed by atoms with van der Waals surface area (Å²) in [4.78, 5) is 0.263. The van der Waals surface area contributed by atoms with Crippen LogP contribution in [0, 0.1) is 17.3 Å². The third-order valence-corrected chi connectivity index (χ3v) is 5.25. The minimum atomic E-state index is -3.47. The minimum Gasteiger partial charge on any atom is -0.320 e. The first-order chi connectivity index (χ1) is 10.0. The van der Waals surface area contributed by atoms with E-state index in [0.717, 1.165) is 25.7 Å². The highest BCUT2D eigenvalue weighted by Gasteiger charge is 2.42. The predicted molar refractivity (Wildman–Crippen MR) is 84.1 cm³/mol. The molecule has 21 heavy (non-hydrogen) atoms. The number of nitrogens with one attached hydrogen (secondary N) is 1. The van der Waals surface area contributed by atoms with Gasteiger partial charge in [0.25, 0.3) is 0 Å². The molecule has 114 valence electrons. The first-order valence-electron chi connectivity index (χ1n) is 7.30. The van der Waals surface area contributed by atoms with Gasteiger partial charge in [-0.1, -0.05) is 31.3 Å². The molecule has 3 N–H and O–H groups in total. The fourth-order valence-corrected chi connectivity index (χ4v) is 3.65. The number of sulfonamides is 1. The third-order valence-electron chi connectivity index (χ3n) is 3.85. The molecule has 4 nitrogen and oxygen atoms in total. The molecular formula is C16H22N2O2S. The fraction of sp³-hybridized carbons (Fsp3) is 0.500. The van der Waals surface area contributed by atoms with Crippen molar-refractivity contribution in [3.05, 3.63) is 29.8 Å². The molecule has 1 aromatic carbocycles. The maximum atomic E-state index is 12.4. The maximum Gasteiger partial charge on any atom is 0.240 e. The molecule has 0 heterocycles. The molecule has 1 aliphatic rings. The molecule has 1 aliphatic carbocycles. The lowest BCUT2D eigenvalue weighted by molar-refractivity contribution is 0.449. The van der Waals surface area contributed by atoms with Gasteiger partial charge in [-0.25, -0.2) is 13.1 Å². The van der Waals surface area contributed by atoms with Gasteiger partial charge in [0.05, 0.1) is 11.4 Å². The lowest BCUT2D eigenvalue weighted by Gasteiger charge is -2.15. The van der Waals surface area contributed by atoms with Gasteiger partial charge in [0.2, 0.25) is 10.0 Å². The summed E-state index contributed by atoms with van der Waals surface area (Å²) in [7, 11) is -3.47. The van der Waals surface area contributed by atoms with Crippen LogP contribution in [-0.2, 0) is 10.0 Å². The van der Waals surface area contributed by atoms with E-state index >= 15 is 0 Å². The lowest BCUT2D eigenvalue weighted by Crippen LogP contribution is -2.30. The molecule has 0 saturated heterocycles. The molecule has 1 fully saturated rings. The number of rotatable bonds is 6. The number of hydrogen-bond acceptors (Lipinski definition) is 3. The van der Waals surface area contributed by atoms with Crippen LogP contribution in [0.5, 0.6) is 0 Å². The van der Waals surface area contributed by atoms with Crippen LogP contribution in [0.1, 0.15) is 38.2 Å². The van der Waals surface area contributed by atoms with Crippen LogP contribution < -0.4 is 10.5 Å². The second kappa shape index (κ2) is 6.61. The molecule has 0 unspecified atom stereocenters. The van der Waals surface area contributed by atoms with Gasteiger partial charge in [-0.3, -0.25) is 0 Å². The Morgan fingerprint density at radius 1 is 1.38 bits per heavy atom. The molecule has 0 aliphatic heterocycles. The van der Waals surface area contributed by atoms with Crippen molar-refractivity contribution in [3.63, 3.8) is 0 Å². The number of hydrogen-bond donors (Lipinski definition) is 2. The first kappa shape index (κ1) is 16.0. The van der Waals surface area contributed by atoms with Crippen molar-refractivity contribution in [1.29, 1.82) is 0 Å². The van der Waals surface area contributed by atoms with Crippen molar-refractivity contribution in [3.8, 4) is 11.8 Å². The Bertz CT molecular complexity index is 652. The smallest absolute Gasteiger partial charge is 0.240 e. The Morgan fingerprint density at radius 3 is 2.76 bits per heavy atom. The van der Waals surface area contributed by atoms with Crippen molar-refractivity contribution in [1.82, 2.24) is 4.72 Å². The third kappa shape index (κ3) is 4.31. The molecule has 2 rings (SSSR count). The average Bonchev–Trinajstić information content (AvgIpc) is 3.24. The van der Waals surface area contributed by atoms with Crippen LogP contribution in [0.15, 0.2) is 29.2 Å². The van der Waals surface area contributed by atoms with E-state index in [0.29, 0.717) is 12.1 Å². The average molecular weight is 306 g/mol. The molecule has 0 amide bonds. The fourth-order valence-electron chi connectivity index (χ4n) is 2.45. The van der Waals surface area contributed by atoms with E-state index < -0.39 is 10.0 Å². The molecule has 0 bridgehead atoms. The van der Waals surface area contributed by atoms with Crippen LogP contribution in [0.2, 0.25) is 0 Å². The first-order valence-corrected chi connectivity index (χ1v) is 8.78. The van der Waals surface area contributed by atoms with Crippen LogP contribution in [0.4, 0.5) is 0 Å². The van der Waals surface area contributed by atoms with Crippen LogP contribution in [0.25, 0.3) is 0 Å². The molecule has 0 aromatic heterocycles. The Morgan fingerprint density at radius 2 is 2.14 bits per heavy atom. The summed E-state index contributed by atoms with van der Waals surface area (Å²) in [6.07, 6.45) is 4.40. The van der Waals surface area contributed by atoms with E-state index in [1.807, 2.05) is 0 Å². The van der Waals surface area contributed by atoms with Crippen molar-refractivity contribution < 1.29 is 8.42 Å². The van der Waals surface area contributed by atoms with Gasteiger partial charge < -0.3 is 5.73 Å². The molecule has 0 spiro atoms. The Balaban J connectivity index is 2.09. The molecule has 0 atom stereocenters. The highest BCUT2D eigenvalue weighted by atomic mass is 32.2. The number of nitrogens with two attached hydrogens (primary N) is 1. The second-order valence-electron chi connectivity index (χ2n) is 5.61. The van der Waals surface area contributed by atoms with E-state index in [9.17, 15) is 8.42 Å². The van der Waals surface area contributed by atoms with E-state index in [2.05, 4.69) is 23.5 Å².